The number of benzene rings is 2. The second kappa shape index (κ2) is 9.92. The van der Waals surface area contributed by atoms with Gasteiger partial charge in [0.05, 0.1) is 23.2 Å². The van der Waals surface area contributed by atoms with Crippen LogP contribution in [0.3, 0.4) is 0 Å². The lowest BCUT2D eigenvalue weighted by Gasteiger charge is -2.12. The van der Waals surface area contributed by atoms with E-state index >= 15 is 0 Å². The van der Waals surface area contributed by atoms with Gasteiger partial charge >= 0.3 is 0 Å². The fourth-order valence-corrected chi connectivity index (χ4v) is 3.63. The molecule has 0 atom stereocenters. The first-order valence-electron chi connectivity index (χ1n) is 9.92. The Morgan fingerprint density at radius 1 is 1.00 bits per heavy atom. The summed E-state index contributed by atoms with van der Waals surface area (Å²) < 4.78 is 12.7. The molecule has 9 nitrogen and oxygen atoms in total. The van der Waals surface area contributed by atoms with E-state index in [2.05, 4.69) is 20.8 Å². The van der Waals surface area contributed by atoms with Crippen LogP contribution < -0.4 is 20.3 Å². The van der Waals surface area contributed by atoms with Crippen molar-refractivity contribution in [1.82, 2.24) is 25.4 Å². The predicted molar refractivity (Wildman–Crippen MR) is 120 cm³/mol. The first-order valence-corrected chi connectivity index (χ1v) is 10.9. The number of fused-ring (bicyclic) bond motifs is 1. The molecule has 0 bridgehead atoms. The van der Waals surface area contributed by atoms with Crippen molar-refractivity contribution in [3.05, 3.63) is 59.4 Å². The van der Waals surface area contributed by atoms with Crippen molar-refractivity contribution in [2.45, 2.75) is 13.5 Å². The molecule has 2 N–H and O–H groups in total. The fourth-order valence-electron chi connectivity index (χ4n) is 3.10. The SMILES string of the molecule is CCOc1ccccc1OCC(=O)NNC(=O)Cn1c(-c2cscn2)nc2ccccc21. The number of ether oxygens (including phenoxy) is 2. The smallest absolute Gasteiger partial charge is 0.276 e. The second-order valence-electron chi connectivity index (χ2n) is 6.65. The molecule has 2 aromatic carbocycles. The molecule has 2 aromatic heterocycles. The van der Waals surface area contributed by atoms with Crippen molar-refractivity contribution >= 4 is 34.2 Å². The zero-order chi connectivity index (χ0) is 22.3. The van der Waals surface area contributed by atoms with Crippen LogP contribution in [-0.2, 0) is 16.1 Å². The normalized spacial score (nSPS) is 10.7. The molecule has 2 heterocycles. The molecule has 0 aliphatic carbocycles. The van der Waals surface area contributed by atoms with Crippen LogP contribution in [0.15, 0.2) is 59.4 Å². The summed E-state index contributed by atoms with van der Waals surface area (Å²) in [6.45, 7) is 2.03. The van der Waals surface area contributed by atoms with E-state index in [1.807, 2.05) is 42.6 Å². The third-order valence-electron chi connectivity index (χ3n) is 4.47. The number of hydrazine groups is 1. The van der Waals surface area contributed by atoms with Gasteiger partial charge in [-0.25, -0.2) is 9.97 Å². The Bertz CT molecular complexity index is 1220. The zero-order valence-electron chi connectivity index (χ0n) is 17.3. The summed E-state index contributed by atoms with van der Waals surface area (Å²) in [6, 6.07) is 14.6. The van der Waals surface area contributed by atoms with Crippen LogP contribution in [0, 0.1) is 0 Å². The Labute approximate surface area is 188 Å². The Morgan fingerprint density at radius 2 is 1.72 bits per heavy atom. The number of nitrogens with zero attached hydrogens (tertiary/aromatic N) is 3. The van der Waals surface area contributed by atoms with Gasteiger partial charge in [-0.05, 0) is 31.2 Å². The second-order valence-corrected chi connectivity index (χ2v) is 7.37. The number of hydrogen-bond donors (Lipinski definition) is 2. The van der Waals surface area contributed by atoms with Crippen molar-refractivity contribution in [3.63, 3.8) is 0 Å². The Kier molecular flexibility index (Phi) is 6.61. The quantitative estimate of drug-likeness (QED) is 0.399. The van der Waals surface area contributed by atoms with Crippen LogP contribution in [-0.4, -0.2) is 39.6 Å². The van der Waals surface area contributed by atoms with Crippen molar-refractivity contribution in [2.24, 2.45) is 0 Å². The molecule has 10 heteroatoms. The van der Waals surface area contributed by atoms with Crippen LogP contribution in [0.1, 0.15) is 6.92 Å². The molecule has 4 aromatic rings. The number of aromatic nitrogens is 3. The number of para-hydroxylation sites is 4. The lowest BCUT2D eigenvalue weighted by atomic mass is 10.3. The van der Waals surface area contributed by atoms with E-state index in [1.165, 1.54) is 11.3 Å². The molecule has 0 aliphatic rings. The maximum Gasteiger partial charge on any atom is 0.276 e. The minimum Gasteiger partial charge on any atom is -0.490 e. The van der Waals surface area contributed by atoms with Crippen LogP contribution in [0.4, 0.5) is 0 Å². The lowest BCUT2D eigenvalue weighted by molar-refractivity contribution is -0.130. The van der Waals surface area contributed by atoms with E-state index < -0.39 is 11.8 Å². The molecule has 0 unspecified atom stereocenters. The minimum atomic E-state index is -0.500. The van der Waals surface area contributed by atoms with Crippen LogP contribution in [0.2, 0.25) is 0 Å². The maximum atomic E-state index is 12.5. The summed E-state index contributed by atoms with van der Waals surface area (Å²) >= 11 is 1.45. The van der Waals surface area contributed by atoms with Gasteiger partial charge in [0, 0.05) is 5.38 Å². The Hall–Kier alpha value is -3.92. The minimum absolute atomic E-state index is 0.0400. The van der Waals surface area contributed by atoms with Gasteiger partial charge in [0.15, 0.2) is 23.9 Å². The van der Waals surface area contributed by atoms with Gasteiger partial charge in [-0.1, -0.05) is 24.3 Å². The summed E-state index contributed by atoms with van der Waals surface area (Å²) in [6.07, 6.45) is 0. The summed E-state index contributed by atoms with van der Waals surface area (Å²) in [5.41, 5.74) is 8.74. The van der Waals surface area contributed by atoms with Crippen molar-refractivity contribution in [2.75, 3.05) is 13.2 Å². The maximum absolute atomic E-state index is 12.5. The molecule has 2 amide bonds. The van der Waals surface area contributed by atoms with Crippen molar-refractivity contribution < 1.29 is 19.1 Å². The molecule has 164 valence electrons. The van der Waals surface area contributed by atoms with Gasteiger partial charge in [0.25, 0.3) is 11.8 Å². The molecule has 0 fully saturated rings. The largest absolute Gasteiger partial charge is 0.490 e. The van der Waals surface area contributed by atoms with E-state index in [4.69, 9.17) is 9.47 Å². The monoisotopic (exact) mass is 451 g/mol. The molecule has 0 saturated heterocycles. The molecular weight excluding hydrogens is 430 g/mol. The molecule has 0 aliphatic heterocycles. The van der Waals surface area contributed by atoms with Crippen molar-refractivity contribution in [3.8, 4) is 23.0 Å². The average molecular weight is 452 g/mol. The standard InChI is InChI=1S/C22H21N5O4S/c1-2-30-18-9-5-6-10-19(18)31-12-21(29)26-25-20(28)11-27-17-8-4-3-7-15(17)24-22(27)16-13-32-14-23-16/h3-10,13-14H,2,11-12H2,1H3,(H,25,28)(H,26,29). The highest BCUT2D eigenvalue weighted by Crippen LogP contribution is 2.26. The summed E-state index contributed by atoms with van der Waals surface area (Å²) in [7, 11) is 0. The van der Waals surface area contributed by atoms with Crippen LogP contribution >= 0.6 is 11.3 Å². The Balaban J connectivity index is 1.37. The molecule has 0 saturated carbocycles. The number of nitrogens with one attached hydrogen (secondary N) is 2. The molecule has 4 rings (SSSR count). The van der Waals surface area contributed by atoms with E-state index in [0.717, 1.165) is 11.0 Å². The number of hydrogen-bond acceptors (Lipinski definition) is 7. The molecule has 0 spiro atoms. The van der Waals surface area contributed by atoms with E-state index in [-0.39, 0.29) is 13.2 Å². The molecular formula is C22H21N5O4S. The summed E-state index contributed by atoms with van der Waals surface area (Å²) in [5, 5.41) is 1.87. The predicted octanol–water partition coefficient (Wildman–Crippen LogP) is 2.78. The molecule has 32 heavy (non-hydrogen) atoms. The third kappa shape index (κ3) is 4.86. The van der Waals surface area contributed by atoms with Crippen molar-refractivity contribution in [1.29, 1.82) is 0 Å². The first kappa shape index (κ1) is 21.3. The number of amides is 2. The van der Waals surface area contributed by atoms with Gasteiger partial charge in [-0.3, -0.25) is 20.4 Å². The topological polar surface area (TPSA) is 107 Å². The summed E-state index contributed by atoms with van der Waals surface area (Å²) in [4.78, 5) is 33.6. The van der Waals surface area contributed by atoms with Gasteiger partial charge in [0.1, 0.15) is 12.2 Å². The Morgan fingerprint density at radius 3 is 2.47 bits per heavy atom. The van der Waals surface area contributed by atoms with Gasteiger partial charge in [0.2, 0.25) is 0 Å². The van der Waals surface area contributed by atoms with Crippen LogP contribution in [0.5, 0.6) is 11.5 Å². The first-order chi connectivity index (χ1) is 15.7. The van der Waals surface area contributed by atoms with E-state index in [9.17, 15) is 9.59 Å². The number of thiazole rings is 1. The highest BCUT2D eigenvalue weighted by Gasteiger charge is 2.17. The number of imidazole rings is 1. The highest BCUT2D eigenvalue weighted by molar-refractivity contribution is 7.07. The number of carbonyl (C=O) groups is 2. The zero-order valence-corrected chi connectivity index (χ0v) is 18.1. The summed E-state index contributed by atoms with van der Waals surface area (Å²) in [5.74, 6) is 0.680. The van der Waals surface area contributed by atoms with Gasteiger partial charge < -0.3 is 14.0 Å². The fraction of sp³-hybridized carbons (Fsp3) is 0.182. The number of carbonyl (C=O) groups excluding carboxylic acids is 2. The van der Waals surface area contributed by atoms with Gasteiger partial charge in [-0.2, -0.15) is 0 Å². The van der Waals surface area contributed by atoms with Crippen LogP contribution in [0.25, 0.3) is 22.6 Å². The number of rotatable bonds is 8. The highest BCUT2D eigenvalue weighted by atomic mass is 32.1. The van der Waals surface area contributed by atoms with E-state index in [1.54, 1.807) is 28.3 Å². The van der Waals surface area contributed by atoms with E-state index in [0.29, 0.717) is 29.6 Å². The third-order valence-corrected chi connectivity index (χ3v) is 5.05. The van der Waals surface area contributed by atoms with Gasteiger partial charge in [-0.15, -0.1) is 11.3 Å². The molecule has 0 radical (unpaired) electrons. The average Bonchev–Trinajstić information content (AvgIpc) is 3.46. The lowest BCUT2D eigenvalue weighted by Crippen LogP contribution is -2.45.